The summed E-state index contributed by atoms with van der Waals surface area (Å²) in [6.07, 6.45) is 5.91. The molecule has 1 aromatic rings. The molecule has 2 N–H and O–H groups in total. The van der Waals surface area contributed by atoms with Crippen LogP contribution in [0.1, 0.15) is 25.8 Å². The third-order valence-corrected chi connectivity index (χ3v) is 3.41. The van der Waals surface area contributed by atoms with Crippen molar-refractivity contribution in [3.8, 4) is 18.1 Å². The number of benzene rings is 1. The van der Waals surface area contributed by atoms with E-state index in [1.54, 1.807) is 0 Å². The molecule has 0 amide bonds. The molecule has 1 rings (SSSR count). The van der Waals surface area contributed by atoms with E-state index in [9.17, 15) is 5.11 Å². The van der Waals surface area contributed by atoms with E-state index in [4.69, 9.17) is 11.2 Å². The Bertz CT molecular complexity index is 452. The summed E-state index contributed by atoms with van der Waals surface area (Å²) in [7, 11) is 0. The van der Waals surface area contributed by atoms with Crippen molar-refractivity contribution in [2.75, 3.05) is 13.2 Å². The second-order valence-electron chi connectivity index (χ2n) is 4.70. The summed E-state index contributed by atoms with van der Waals surface area (Å²) in [6.45, 7) is 5.18. The maximum absolute atomic E-state index is 9.94. The van der Waals surface area contributed by atoms with Gasteiger partial charge in [0.05, 0.1) is 5.60 Å². The monoisotopic (exact) mass is 325 g/mol. The Morgan fingerprint density at radius 2 is 2.26 bits per heavy atom. The van der Waals surface area contributed by atoms with Crippen LogP contribution in [0.3, 0.4) is 0 Å². The molecule has 1 unspecified atom stereocenters. The summed E-state index contributed by atoms with van der Waals surface area (Å²) in [6, 6.07) is 5.79. The van der Waals surface area contributed by atoms with Crippen LogP contribution in [0, 0.1) is 12.3 Å². The second kappa shape index (κ2) is 7.54. The molecule has 0 spiro atoms. The largest absolute Gasteiger partial charge is 0.481 e. The highest BCUT2D eigenvalue weighted by Gasteiger charge is 2.16. The van der Waals surface area contributed by atoms with Crippen LogP contribution in [0.5, 0.6) is 5.75 Å². The number of hydrogen-bond acceptors (Lipinski definition) is 3. The highest BCUT2D eigenvalue weighted by molar-refractivity contribution is 9.10. The lowest BCUT2D eigenvalue weighted by molar-refractivity contribution is 0.0555. The van der Waals surface area contributed by atoms with Crippen LogP contribution in [0.15, 0.2) is 22.7 Å². The van der Waals surface area contributed by atoms with Gasteiger partial charge < -0.3 is 15.2 Å². The molecule has 0 aliphatic carbocycles. The SMILES string of the molecule is C#CCOc1ccc(Br)cc1CNCC(C)(O)CC. The average Bonchev–Trinajstić information content (AvgIpc) is 2.38. The summed E-state index contributed by atoms with van der Waals surface area (Å²) >= 11 is 3.44. The van der Waals surface area contributed by atoms with Gasteiger partial charge in [-0.05, 0) is 31.5 Å². The Labute approximate surface area is 123 Å². The summed E-state index contributed by atoms with van der Waals surface area (Å²) in [5.74, 6) is 3.22. The molecule has 0 saturated carbocycles. The van der Waals surface area contributed by atoms with Gasteiger partial charge in [-0.25, -0.2) is 0 Å². The molecular formula is C15H20BrNO2. The number of terminal acetylenes is 1. The standard InChI is InChI=1S/C15H20BrNO2/c1-4-8-19-14-7-6-13(16)9-12(14)10-17-11-15(3,18)5-2/h1,6-7,9,17-18H,5,8,10-11H2,2-3H3. The third-order valence-electron chi connectivity index (χ3n) is 2.92. The zero-order valence-corrected chi connectivity index (χ0v) is 13.0. The van der Waals surface area contributed by atoms with E-state index < -0.39 is 5.60 Å². The van der Waals surface area contributed by atoms with Gasteiger partial charge in [-0.3, -0.25) is 0 Å². The van der Waals surface area contributed by atoms with Crippen molar-refractivity contribution in [3.05, 3.63) is 28.2 Å². The first-order valence-electron chi connectivity index (χ1n) is 6.26. The van der Waals surface area contributed by atoms with Crippen molar-refractivity contribution in [1.82, 2.24) is 5.32 Å². The van der Waals surface area contributed by atoms with Crippen molar-refractivity contribution in [3.63, 3.8) is 0 Å². The van der Waals surface area contributed by atoms with Gasteiger partial charge in [-0.1, -0.05) is 28.8 Å². The van der Waals surface area contributed by atoms with Gasteiger partial charge in [0.1, 0.15) is 12.4 Å². The van der Waals surface area contributed by atoms with Crippen LogP contribution in [0.2, 0.25) is 0 Å². The van der Waals surface area contributed by atoms with Gasteiger partial charge in [0.15, 0.2) is 0 Å². The Hall–Kier alpha value is -1.02. The second-order valence-corrected chi connectivity index (χ2v) is 5.61. The van der Waals surface area contributed by atoms with Crippen molar-refractivity contribution in [2.24, 2.45) is 0 Å². The molecule has 0 aliphatic rings. The molecule has 19 heavy (non-hydrogen) atoms. The first-order valence-corrected chi connectivity index (χ1v) is 7.05. The topological polar surface area (TPSA) is 41.5 Å². The zero-order valence-electron chi connectivity index (χ0n) is 11.4. The minimum Gasteiger partial charge on any atom is -0.481 e. The molecule has 1 aromatic carbocycles. The van der Waals surface area contributed by atoms with E-state index in [0.29, 0.717) is 19.5 Å². The van der Waals surface area contributed by atoms with Gasteiger partial charge in [0.2, 0.25) is 0 Å². The molecule has 3 nitrogen and oxygen atoms in total. The minimum atomic E-state index is -0.689. The number of nitrogens with one attached hydrogen (secondary N) is 1. The summed E-state index contributed by atoms with van der Waals surface area (Å²) in [4.78, 5) is 0. The molecular weight excluding hydrogens is 306 g/mol. The van der Waals surface area contributed by atoms with Crippen molar-refractivity contribution in [1.29, 1.82) is 0 Å². The Morgan fingerprint density at radius 3 is 2.89 bits per heavy atom. The van der Waals surface area contributed by atoms with Gasteiger partial charge in [0.25, 0.3) is 0 Å². The normalized spacial score (nSPS) is 13.6. The highest BCUT2D eigenvalue weighted by atomic mass is 79.9. The quantitative estimate of drug-likeness (QED) is 0.757. The summed E-state index contributed by atoms with van der Waals surface area (Å²) < 4.78 is 6.48. The van der Waals surface area contributed by atoms with Crippen molar-refractivity contribution < 1.29 is 9.84 Å². The van der Waals surface area contributed by atoms with E-state index in [-0.39, 0.29) is 6.61 Å². The fourth-order valence-electron chi connectivity index (χ4n) is 1.54. The predicted molar refractivity (Wildman–Crippen MR) is 81.1 cm³/mol. The van der Waals surface area contributed by atoms with Gasteiger partial charge in [0, 0.05) is 23.1 Å². The first kappa shape index (κ1) is 16.0. The molecule has 0 aromatic heterocycles. The van der Waals surface area contributed by atoms with E-state index in [2.05, 4.69) is 27.2 Å². The molecule has 0 saturated heterocycles. The lowest BCUT2D eigenvalue weighted by atomic mass is 10.0. The maximum Gasteiger partial charge on any atom is 0.148 e. The maximum atomic E-state index is 9.94. The molecule has 0 heterocycles. The lowest BCUT2D eigenvalue weighted by Crippen LogP contribution is -2.36. The van der Waals surface area contributed by atoms with Gasteiger partial charge in [-0.2, -0.15) is 0 Å². The van der Waals surface area contributed by atoms with Crippen LogP contribution in [-0.4, -0.2) is 23.9 Å². The fraction of sp³-hybridized carbons (Fsp3) is 0.467. The molecule has 0 aliphatic heterocycles. The average molecular weight is 326 g/mol. The first-order chi connectivity index (χ1) is 8.98. The predicted octanol–water partition coefficient (Wildman–Crippen LogP) is 2.71. The lowest BCUT2D eigenvalue weighted by Gasteiger charge is -2.22. The van der Waals surface area contributed by atoms with E-state index in [0.717, 1.165) is 15.8 Å². The van der Waals surface area contributed by atoms with E-state index in [1.807, 2.05) is 32.0 Å². The van der Waals surface area contributed by atoms with Crippen LogP contribution in [0.25, 0.3) is 0 Å². The van der Waals surface area contributed by atoms with E-state index in [1.165, 1.54) is 0 Å². The summed E-state index contributed by atoms with van der Waals surface area (Å²) in [5.41, 5.74) is 0.322. The van der Waals surface area contributed by atoms with E-state index >= 15 is 0 Å². The number of rotatable bonds is 7. The van der Waals surface area contributed by atoms with Crippen LogP contribution in [0.4, 0.5) is 0 Å². The molecule has 104 valence electrons. The Kier molecular flexibility index (Phi) is 6.36. The zero-order chi connectivity index (χ0) is 14.3. The number of halogens is 1. The number of hydrogen-bond donors (Lipinski definition) is 2. The number of ether oxygens (including phenoxy) is 1. The van der Waals surface area contributed by atoms with Crippen LogP contribution >= 0.6 is 15.9 Å². The molecule has 0 radical (unpaired) electrons. The Balaban J connectivity index is 2.65. The Morgan fingerprint density at radius 1 is 1.53 bits per heavy atom. The fourth-order valence-corrected chi connectivity index (χ4v) is 1.95. The molecule has 4 heteroatoms. The third kappa shape index (κ3) is 5.65. The smallest absolute Gasteiger partial charge is 0.148 e. The van der Waals surface area contributed by atoms with Crippen LogP contribution < -0.4 is 10.1 Å². The molecule has 0 fully saturated rings. The van der Waals surface area contributed by atoms with Crippen molar-refractivity contribution >= 4 is 15.9 Å². The van der Waals surface area contributed by atoms with Crippen molar-refractivity contribution in [2.45, 2.75) is 32.4 Å². The van der Waals surface area contributed by atoms with Gasteiger partial charge >= 0.3 is 0 Å². The minimum absolute atomic E-state index is 0.251. The molecule has 0 bridgehead atoms. The molecule has 1 atom stereocenters. The number of aliphatic hydroxyl groups is 1. The van der Waals surface area contributed by atoms with Crippen LogP contribution in [-0.2, 0) is 6.54 Å². The van der Waals surface area contributed by atoms with Gasteiger partial charge in [-0.15, -0.1) is 6.42 Å². The summed E-state index contributed by atoms with van der Waals surface area (Å²) in [5, 5.41) is 13.2. The highest BCUT2D eigenvalue weighted by Crippen LogP contribution is 2.23.